The monoisotopic (exact) mass is 162 g/mol. The van der Waals surface area contributed by atoms with Crippen molar-refractivity contribution in [2.45, 2.75) is 0 Å². The smallest absolute Gasteiger partial charge is 0.147 e. The third-order valence-corrected chi connectivity index (χ3v) is 1.54. The highest BCUT2D eigenvalue weighted by molar-refractivity contribution is 5.81. The van der Waals surface area contributed by atoms with Crippen molar-refractivity contribution in [2.24, 2.45) is 0 Å². The van der Waals surface area contributed by atoms with Crippen LogP contribution in [0.2, 0.25) is 0 Å². The van der Waals surface area contributed by atoms with E-state index in [0.29, 0.717) is 11.0 Å². The lowest BCUT2D eigenvalue weighted by molar-refractivity contribution is 0.454. The Bertz CT molecular complexity index is 428. The van der Waals surface area contributed by atoms with Crippen LogP contribution in [-0.4, -0.2) is 20.2 Å². The molecule has 4 heteroatoms. The van der Waals surface area contributed by atoms with Crippen LogP contribution in [0.15, 0.2) is 24.5 Å². The number of hydrogen-bond acceptors (Lipinski definition) is 4. The van der Waals surface area contributed by atoms with Crippen LogP contribution in [-0.2, 0) is 0 Å². The van der Waals surface area contributed by atoms with Crippen molar-refractivity contribution in [2.75, 3.05) is 0 Å². The molecule has 2 rings (SSSR count). The minimum atomic E-state index is -0.0573. The molecule has 2 aromatic rings. The number of benzene rings is 1. The predicted octanol–water partition coefficient (Wildman–Crippen LogP) is 1.04. The maximum absolute atomic E-state index is 9.29. The second-order valence-corrected chi connectivity index (χ2v) is 2.39. The van der Waals surface area contributed by atoms with Crippen molar-refractivity contribution in [3.05, 3.63) is 24.5 Å². The molecule has 1 aromatic heterocycles. The molecule has 0 aliphatic carbocycles. The van der Waals surface area contributed by atoms with E-state index in [1.54, 1.807) is 0 Å². The summed E-state index contributed by atoms with van der Waals surface area (Å²) in [6.45, 7) is 0. The maximum atomic E-state index is 9.29. The fourth-order valence-corrected chi connectivity index (χ4v) is 1.04. The molecule has 4 nitrogen and oxygen atoms in total. The Morgan fingerprint density at radius 2 is 1.75 bits per heavy atom. The first-order chi connectivity index (χ1) is 5.77. The lowest BCUT2D eigenvalue weighted by Gasteiger charge is -1.98. The summed E-state index contributed by atoms with van der Waals surface area (Å²) in [7, 11) is 0. The van der Waals surface area contributed by atoms with Gasteiger partial charge >= 0.3 is 0 Å². The number of nitrogens with zero attached hydrogens (tertiary/aromatic N) is 2. The molecule has 60 valence electrons. The topological polar surface area (TPSA) is 66.2 Å². The van der Waals surface area contributed by atoms with Gasteiger partial charge in [0.1, 0.15) is 17.0 Å². The zero-order chi connectivity index (χ0) is 8.55. The summed E-state index contributed by atoms with van der Waals surface area (Å²) in [5, 5.41) is 18.4. The van der Waals surface area contributed by atoms with Crippen LogP contribution in [0.3, 0.4) is 0 Å². The molecule has 1 aromatic carbocycles. The summed E-state index contributed by atoms with van der Waals surface area (Å²) in [4.78, 5) is 7.82. The van der Waals surface area contributed by atoms with Crippen molar-refractivity contribution < 1.29 is 10.2 Å². The molecule has 0 aliphatic heterocycles. The van der Waals surface area contributed by atoms with Gasteiger partial charge in [0.2, 0.25) is 0 Å². The summed E-state index contributed by atoms with van der Waals surface area (Å²) in [6, 6.07) is 2.68. The largest absolute Gasteiger partial charge is 0.508 e. The van der Waals surface area contributed by atoms with Gasteiger partial charge in [-0.15, -0.1) is 0 Å². The Morgan fingerprint density at radius 3 is 2.58 bits per heavy atom. The minimum Gasteiger partial charge on any atom is -0.508 e. The first kappa shape index (κ1) is 6.84. The minimum absolute atomic E-state index is 0.0134. The molecule has 0 fully saturated rings. The molecule has 0 atom stereocenters. The van der Waals surface area contributed by atoms with Crippen molar-refractivity contribution >= 4 is 11.0 Å². The van der Waals surface area contributed by atoms with Crippen LogP contribution in [0.4, 0.5) is 0 Å². The van der Waals surface area contributed by atoms with E-state index in [2.05, 4.69) is 9.97 Å². The number of rotatable bonds is 0. The van der Waals surface area contributed by atoms with Gasteiger partial charge in [-0.1, -0.05) is 0 Å². The average Bonchev–Trinajstić information content (AvgIpc) is 2.04. The highest BCUT2D eigenvalue weighted by Crippen LogP contribution is 2.25. The van der Waals surface area contributed by atoms with Gasteiger partial charge in [-0.3, -0.25) is 4.98 Å². The third kappa shape index (κ3) is 0.934. The number of aromatic hydroxyl groups is 2. The fraction of sp³-hybridized carbons (Fsp3) is 0. The van der Waals surface area contributed by atoms with Gasteiger partial charge in [0.25, 0.3) is 0 Å². The Balaban J connectivity index is 2.89. The summed E-state index contributed by atoms with van der Waals surface area (Å²) >= 11 is 0. The molecule has 0 bridgehead atoms. The van der Waals surface area contributed by atoms with Crippen molar-refractivity contribution in [1.29, 1.82) is 0 Å². The Kier molecular flexibility index (Phi) is 1.33. The van der Waals surface area contributed by atoms with Gasteiger partial charge in [0.15, 0.2) is 0 Å². The number of aromatic nitrogens is 2. The molecule has 1 heterocycles. The average molecular weight is 162 g/mol. The molecule has 2 N–H and O–H groups in total. The second-order valence-electron chi connectivity index (χ2n) is 2.39. The second kappa shape index (κ2) is 2.34. The van der Waals surface area contributed by atoms with Gasteiger partial charge in [0, 0.05) is 24.5 Å². The Labute approximate surface area is 68.1 Å². The van der Waals surface area contributed by atoms with E-state index in [-0.39, 0.29) is 11.5 Å². The molecule has 0 spiro atoms. The van der Waals surface area contributed by atoms with Crippen molar-refractivity contribution in [3.63, 3.8) is 0 Å². The summed E-state index contributed by atoms with van der Waals surface area (Å²) in [5.41, 5.74) is 0.880. The highest BCUT2D eigenvalue weighted by Gasteiger charge is 2.02. The molecule has 0 radical (unpaired) electrons. The number of fused-ring (bicyclic) bond motifs is 1. The van der Waals surface area contributed by atoms with E-state index >= 15 is 0 Å². The van der Waals surface area contributed by atoms with Crippen LogP contribution < -0.4 is 0 Å². The molecule has 0 saturated carbocycles. The van der Waals surface area contributed by atoms with Gasteiger partial charge in [0.05, 0.1) is 5.52 Å². The number of hydrogen-bond donors (Lipinski definition) is 2. The van der Waals surface area contributed by atoms with E-state index in [1.165, 1.54) is 24.5 Å². The maximum Gasteiger partial charge on any atom is 0.147 e. The molecular formula is C8H6N2O2. The number of phenols is 2. The number of phenolic OH excluding ortho intramolecular Hbond substituents is 2. The van der Waals surface area contributed by atoms with Crippen LogP contribution in [0.1, 0.15) is 0 Å². The lowest BCUT2D eigenvalue weighted by Crippen LogP contribution is -1.81. The van der Waals surface area contributed by atoms with Gasteiger partial charge < -0.3 is 10.2 Å². The van der Waals surface area contributed by atoms with Gasteiger partial charge in [-0.05, 0) is 0 Å². The van der Waals surface area contributed by atoms with Crippen LogP contribution in [0, 0.1) is 0 Å². The van der Waals surface area contributed by atoms with E-state index in [1.807, 2.05) is 0 Å². The van der Waals surface area contributed by atoms with E-state index in [0.717, 1.165) is 0 Å². The van der Waals surface area contributed by atoms with E-state index in [4.69, 9.17) is 5.11 Å². The van der Waals surface area contributed by atoms with Crippen LogP contribution >= 0.6 is 0 Å². The van der Waals surface area contributed by atoms with Crippen molar-refractivity contribution in [1.82, 2.24) is 9.97 Å². The third-order valence-electron chi connectivity index (χ3n) is 1.54. The quantitative estimate of drug-likeness (QED) is 0.607. The first-order valence-corrected chi connectivity index (χ1v) is 3.40. The molecule has 0 saturated heterocycles. The molecule has 0 unspecified atom stereocenters. The zero-order valence-electron chi connectivity index (χ0n) is 6.10. The Morgan fingerprint density at radius 1 is 1.00 bits per heavy atom. The molecular weight excluding hydrogens is 156 g/mol. The predicted molar refractivity (Wildman–Crippen MR) is 42.9 cm³/mol. The van der Waals surface area contributed by atoms with Crippen LogP contribution in [0.5, 0.6) is 11.5 Å². The molecule has 12 heavy (non-hydrogen) atoms. The lowest BCUT2D eigenvalue weighted by atomic mass is 10.2. The van der Waals surface area contributed by atoms with Gasteiger partial charge in [-0.25, -0.2) is 4.98 Å². The summed E-state index contributed by atoms with van der Waals surface area (Å²) < 4.78 is 0. The van der Waals surface area contributed by atoms with Crippen LogP contribution in [0.25, 0.3) is 11.0 Å². The SMILES string of the molecule is Oc1cc(O)c2nccnc2c1. The normalized spacial score (nSPS) is 10.3. The highest BCUT2D eigenvalue weighted by atomic mass is 16.3. The van der Waals surface area contributed by atoms with E-state index < -0.39 is 0 Å². The summed E-state index contributed by atoms with van der Waals surface area (Å²) in [6.07, 6.45) is 2.99. The summed E-state index contributed by atoms with van der Waals surface area (Å²) in [5.74, 6) is -0.0707. The Hall–Kier alpha value is -1.84. The molecule has 0 amide bonds. The standard InChI is InChI=1S/C8H6N2O2/c11-5-3-6-8(7(12)4-5)10-2-1-9-6/h1-4,11-12H. The molecule has 0 aliphatic rings. The zero-order valence-corrected chi connectivity index (χ0v) is 6.10. The van der Waals surface area contributed by atoms with Crippen molar-refractivity contribution in [3.8, 4) is 11.5 Å². The first-order valence-electron chi connectivity index (χ1n) is 3.40. The van der Waals surface area contributed by atoms with Gasteiger partial charge in [-0.2, -0.15) is 0 Å². The fourth-order valence-electron chi connectivity index (χ4n) is 1.04. The van der Waals surface area contributed by atoms with E-state index in [9.17, 15) is 5.11 Å².